The van der Waals surface area contributed by atoms with E-state index in [-0.39, 0.29) is 11.5 Å². The SMILES string of the molecule is NC(N)=CNc1cccc(C(F)(F)F)c1. The van der Waals surface area contributed by atoms with Crippen molar-refractivity contribution in [1.29, 1.82) is 0 Å². The molecule has 0 saturated heterocycles. The zero-order chi connectivity index (χ0) is 11.5. The minimum atomic E-state index is -4.35. The van der Waals surface area contributed by atoms with Crippen molar-refractivity contribution in [2.75, 3.05) is 5.32 Å². The van der Waals surface area contributed by atoms with Gasteiger partial charge in [0, 0.05) is 11.9 Å². The molecule has 0 atom stereocenters. The number of hydrogen-bond acceptors (Lipinski definition) is 3. The third-order valence-electron chi connectivity index (χ3n) is 1.60. The fraction of sp³-hybridized carbons (Fsp3) is 0.111. The Bertz CT molecular complexity index is 367. The summed E-state index contributed by atoms with van der Waals surface area (Å²) in [5, 5.41) is 2.54. The van der Waals surface area contributed by atoms with Crippen LogP contribution in [0, 0.1) is 0 Å². The van der Waals surface area contributed by atoms with Crippen LogP contribution in [0.5, 0.6) is 0 Å². The van der Waals surface area contributed by atoms with E-state index in [1.54, 1.807) is 0 Å². The molecule has 6 heteroatoms. The Labute approximate surface area is 84.6 Å². The summed E-state index contributed by atoms with van der Waals surface area (Å²) in [7, 11) is 0. The maximum atomic E-state index is 12.3. The highest BCUT2D eigenvalue weighted by Gasteiger charge is 2.30. The summed E-state index contributed by atoms with van der Waals surface area (Å²) in [4.78, 5) is 0. The minimum Gasteiger partial charge on any atom is -0.384 e. The van der Waals surface area contributed by atoms with Gasteiger partial charge in [-0.1, -0.05) is 6.07 Å². The molecule has 0 unspecified atom stereocenters. The van der Waals surface area contributed by atoms with Crippen LogP contribution in [0.1, 0.15) is 5.56 Å². The Morgan fingerprint density at radius 2 is 1.93 bits per heavy atom. The molecule has 1 aromatic carbocycles. The van der Waals surface area contributed by atoms with Crippen molar-refractivity contribution in [3.63, 3.8) is 0 Å². The molecule has 1 aromatic rings. The van der Waals surface area contributed by atoms with Crippen LogP contribution in [-0.4, -0.2) is 0 Å². The lowest BCUT2D eigenvalue weighted by molar-refractivity contribution is -0.137. The zero-order valence-corrected chi connectivity index (χ0v) is 7.68. The van der Waals surface area contributed by atoms with Crippen molar-refractivity contribution >= 4 is 5.69 Å². The molecule has 0 aromatic heterocycles. The van der Waals surface area contributed by atoms with E-state index >= 15 is 0 Å². The van der Waals surface area contributed by atoms with Gasteiger partial charge < -0.3 is 16.8 Å². The van der Waals surface area contributed by atoms with Crippen LogP contribution in [-0.2, 0) is 6.18 Å². The van der Waals surface area contributed by atoms with Crippen LogP contribution in [0.15, 0.2) is 36.3 Å². The van der Waals surface area contributed by atoms with Gasteiger partial charge in [-0.2, -0.15) is 13.2 Å². The van der Waals surface area contributed by atoms with E-state index in [4.69, 9.17) is 11.5 Å². The largest absolute Gasteiger partial charge is 0.416 e. The highest BCUT2D eigenvalue weighted by Crippen LogP contribution is 2.30. The topological polar surface area (TPSA) is 64.1 Å². The standard InChI is InChI=1S/C9H10F3N3/c10-9(11,12)6-2-1-3-7(4-6)15-5-8(13)14/h1-5,15H,13-14H2. The third-order valence-corrected chi connectivity index (χ3v) is 1.60. The molecular weight excluding hydrogens is 207 g/mol. The summed E-state index contributed by atoms with van der Waals surface area (Å²) < 4.78 is 36.8. The number of rotatable bonds is 2. The molecule has 0 aliphatic heterocycles. The number of hydrogen-bond donors (Lipinski definition) is 3. The third kappa shape index (κ3) is 3.41. The summed E-state index contributed by atoms with van der Waals surface area (Å²) in [6, 6.07) is 4.74. The predicted molar refractivity (Wildman–Crippen MR) is 51.5 cm³/mol. The Hall–Kier alpha value is -1.85. The molecule has 1 rings (SSSR count). The van der Waals surface area contributed by atoms with Crippen LogP contribution in [0.3, 0.4) is 0 Å². The first kappa shape index (κ1) is 11.2. The van der Waals surface area contributed by atoms with Gasteiger partial charge in [0.1, 0.15) is 5.82 Å². The Morgan fingerprint density at radius 3 is 2.47 bits per heavy atom. The first-order valence-electron chi connectivity index (χ1n) is 4.04. The second kappa shape index (κ2) is 4.12. The molecule has 0 saturated carbocycles. The van der Waals surface area contributed by atoms with Gasteiger partial charge in [-0.3, -0.25) is 0 Å². The molecule has 0 heterocycles. The summed E-state index contributed by atoms with van der Waals surface area (Å²) in [6.07, 6.45) is -3.13. The molecular formula is C9H10F3N3. The Morgan fingerprint density at radius 1 is 1.27 bits per heavy atom. The van der Waals surface area contributed by atoms with Crippen molar-refractivity contribution < 1.29 is 13.2 Å². The lowest BCUT2D eigenvalue weighted by Crippen LogP contribution is -2.10. The van der Waals surface area contributed by atoms with Crippen molar-refractivity contribution in [3.05, 3.63) is 41.8 Å². The Balaban J connectivity index is 2.89. The fourth-order valence-corrected chi connectivity index (χ4v) is 0.952. The fourth-order valence-electron chi connectivity index (χ4n) is 0.952. The summed E-state index contributed by atoms with van der Waals surface area (Å²) >= 11 is 0. The summed E-state index contributed by atoms with van der Waals surface area (Å²) in [6.45, 7) is 0. The first-order chi connectivity index (χ1) is 6.89. The lowest BCUT2D eigenvalue weighted by Gasteiger charge is -2.08. The van der Waals surface area contributed by atoms with Gasteiger partial charge in [0.25, 0.3) is 0 Å². The number of alkyl halides is 3. The van der Waals surface area contributed by atoms with Crippen LogP contribution < -0.4 is 16.8 Å². The van der Waals surface area contributed by atoms with Gasteiger partial charge >= 0.3 is 6.18 Å². The van der Waals surface area contributed by atoms with E-state index in [1.165, 1.54) is 18.3 Å². The number of nitrogens with two attached hydrogens (primary N) is 2. The van der Waals surface area contributed by atoms with E-state index in [2.05, 4.69) is 5.32 Å². The maximum Gasteiger partial charge on any atom is 0.416 e. The van der Waals surface area contributed by atoms with Crippen molar-refractivity contribution in [3.8, 4) is 0 Å². The van der Waals surface area contributed by atoms with Crippen LogP contribution in [0.25, 0.3) is 0 Å². The molecule has 0 spiro atoms. The van der Waals surface area contributed by atoms with Gasteiger partial charge in [0.05, 0.1) is 5.56 Å². The van der Waals surface area contributed by atoms with Gasteiger partial charge in [0.2, 0.25) is 0 Å². The Kier molecular flexibility index (Phi) is 3.08. The number of benzene rings is 1. The summed E-state index contributed by atoms with van der Waals surface area (Å²) in [5.41, 5.74) is 9.79. The van der Waals surface area contributed by atoms with Gasteiger partial charge in [-0.15, -0.1) is 0 Å². The van der Waals surface area contributed by atoms with Crippen LogP contribution in [0.2, 0.25) is 0 Å². The number of nitrogens with one attached hydrogen (secondary N) is 1. The molecule has 0 bridgehead atoms. The van der Waals surface area contributed by atoms with Crippen molar-refractivity contribution in [1.82, 2.24) is 0 Å². The van der Waals surface area contributed by atoms with Gasteiger partial charge in [-0.25, -0.2) is 0 Å². The number of halogens is 3. The average molecular weight is 217 g/mol. The normalized spacial score (nSPS) is 10.9. The monoisotopic (exact) mass is 217 g/mol. The first-order valence-corrected chi connectivity index (χ1v) is 4.04. The zero-order valence-electron chi connectivity index (χ0n) is 7.68. The summed E-state index contributed by atoms with van der Waals surface area (Å²) in [5.74, 6) is -0.00703. The molecule has 0 radical (unpaired) electrons. The van der Waals surface area contributed by atoms with E-state index in [9.17, 15) is 13.2 Å². The highest BCUT2D eigenvalue weighted by molar-refractivity contribution is 5.48. The minimum absolute atomic E-state index is 0.00703. The molecule has 0 aliphatic carbocycles. The molecule has 0 fully saturated rings. The van der Waals surface area contributed by atoms with E-state index in [0.29, 0.717) is 0 Å². The molecule has 3 nitrogen and oxygen atoms in total. The van der Waals surface area contributed by atoms with Gasteiger partial charge in [0.15, 0.2) is 0 Å². The van der Waals surface area contributed by atoms with E-state index in [0.717, 1.165) is 12.1 Å². The second-order valence-corrected chi connectivity index (χ2v) is 2.87. The predicted octanol–water partition coefficient (Wildman–Crippen LogP) is 1.83. The highest BCUT2D eigenvalue weighted by atomic mass is 19.4. The molecule has 0 amide bonds. The smallest absolute Gasteiger partial charge is 0.384 e. The maximum absolute atomic E-state index is 12.3. The molecule has 0 aliphatic rings. The number of anilines is 1. The molecule has 82 valence electrons. The van der Waals surface area contributed by atoms with Crippen molar-refractivity contribution in [2.45, 2.75) is 6.18 Å². The van der Waals surface area contributed by atoms with Crippen LogP contribution in [0.4, 0.5) is 18.9 Å². The average Bonchev–Trinajstić information content (AvgIpc) is 2.14. The van der Waals surface area contributed by atoms with E-state index in [1.807, 2.05) is 0 Å². The van der Waals surface area contributed by atoms with Crippen LogP contribution >= 0.6 is 0 Å². The second-order valence-electron chi connectivity index (χ2n) is 2.87. The van der Waals surface area contributed by atoms with E-state index < -0.39 is 11.7 Å². The quantitative estimate of drug-likeness (QED) is 0.708. The molecule has 5 N–H and O–H groups in total. The van der Waals surface area contributed by atoms with Gasteiger partial charge in [-0.05, 0) is 18.2 Å². The lowest BCUT2D eigenvalue weighted by atomic mass is 10.2. The van der Waals surface area contributed by atoms with Crippen molar-refractivity contribution in [2.24, 2.45) is 11.5 Å². The molecule has 15 heavy (non-hydrogen) atoms.